The summed E-state index contributed by atoms with van der Waals surface area (Å²) in [4.78, 5) is 14.3. The van der Waals surface area contributed by atoms with Crippen molar-refractivity contribution < 1.29 is 19.0 Å². The van der Waals surface area contributed by atoms with Crippen LogP contribution in [-0.2, 0) is 14.3 Å². The molecule has 1 amide bonds. The van der Waals surface area contributed by atoms with E-state index in [1.807, 2.05) is 29.2 Å². The molecule has 5 heteroatoms. The molecule has 0 N–H and O–H groups in total. The Labute approximate surface area is 130 Å². The molecule has 2 fully saturated rings. The molecule has 2 aliphatic rings. The third-order valence-electron chi connectivity index (χ3n) is 4.17. The molecule has 1 atom stereocenters. The maximum absolute atomic E-state index is 12.4. The normalized spacial score (nSPS) is 25.0. The zero-order valence-corrected chi connectivity index (χ0v) is 12.8. The first-order valence-electron chi connectivity index (χ1n) is 7.54. The van der Waals surface area contributed by atoms with Gasteiger partial charge < -0.3 is 19.1 Å². The zero-order chi connectivity index (χ0) is 15.4. The second-order valence-corrected chi connectivity index (χ2v) is 5.67. The van der Waals surface area contributed by atoms with Gasteiger partial charge in [-0.15, -0.1) is 0 Å². The lowest BCUT2D eigenvalue weighted by Gasteiger charge is -2.39. The van der Waals surface area contributed by atoms with Crippen molar-refractivity contribution in [3.05, 3.63) is 35.9 Å². The van der Waals surface area contributed by atoms with Gasteiger partial charge in [0.05, 0.1) is 26.9 Å². The number of benzene rings is 1. The summed E-state index contributed by atoms with van der Waals surface area (Å²) < 4.78 is 16.6. The minimum atomic E-state index is -0.299. The van der Waals surface area contributed by atoms with Crippen LogP contribution in [0.15, 0.2) is 30.3 Å². The Morgan fingerprint density at radius 2 is 2.23 bits per heavy atom. The van der Waals surface area contributed by atoms with E-state index in [1.54, 1.807) is 19.3 Å². The molecule has 2 heterocycles. The molecule has 0 radical (unpaired) electrons. The van der Waals surface area contributed by atoms with Gasteiger partial charge in [0.1, 0.15) is 11.4 Å². The Morgan fingerprint density at radius 1 is 1.36 bits per heavy atom. The number of carbonyl (C=O) groups excluding carboxylic acids is 1. The Bertz CT molecular complexity index is 564. The van der Waals surface area contributed by atoms with E-state index in [9.17, 15) is 4.79 Å². The summed E-state index contributed by atoms with van der Waals surface area (Å²) in [5.41, 5.74) is 0.595. The molecular weight excluding hydrogens is 282 g/mol. The smallest absolute Gasteiger partial charge is 0.246 e. The molecule has 1 spiro atoms. The first-order chi connectivity index (χ1) is 10.7. The maximum Gasteiger partial charge on any atom is 0.246 e. The van der Waals surface area contributed by atoms with Crippen LogP contribution in [-0.4, -0.2) is 56.4 Å². The van der Waals surface area contributed by atoms with Gasteiger partial charge in [0.2, 0.25) is 5.91 Å². The highest BCUT2D eigenvalue weighted by molar-refractivity contribution is 5.92. The summed E-state index contributed by atoms with van der Waals surface area (Å²) in [6.45, 7) is 3.07. The molecule has 1 aromatic rings. The largest absolute Gasteiger partial charge is 0.496 e. The molecule has 118 valence electrons. The highest BCUT2D eigenvalue weighted by atomic mass is 16.6. The van der Waals surface area contributed by atoms with Gasteiger partial charge in [-0.05, 0) is 12.1 Å². The minimum absolute atomic E-state index is 0.000445. The predicted octanol–water partition coefficient (Wildman–Crippen LogP) is 1.73. The van der Waals surface area contributed by atoms with Gasteiger partial charge in [-0.1, -0.05) is 18.2 Å². The number of carbonyl (C=O) groups is 1. The van der Waals surface area contributed by atoms with Gasteiger partial charge in [-0.25, -0.2) is 0 Å². The van der Waals surface area contributed by atoms with Crippen LogP contribution in [0.4, 0.5) is 0 Å². The van der Waals surface area contributed by atoms with E-state index in [2.05, 4.69) is 0 Å². The van der Waals surface area contributed by atoms with Crippen LogP contribution in [0.25, 0.3) is 6.08 Å². The molecule has 3 rings (SSSR count). The molecule has 2 saturated heterocycles. The quantitative estimate of drug-likeness (QED) is 0.798. The third kappa shape index (κ3) is 3.15. The monoisotopic (exact) mass is 303 g/mol. The zero-order valence-electron chi connectivity index (χ0n) is 12.8. The van der Waals surface area contributed by atoms with Gasteiger partial charge in [0.25, 0.3) is 0 Å². The van der Waals surface area contributed by atoms with E-state index in [0.717, 1.165) is 17.7 Å². The lowest BCUT2D eigenvalue weighted by Crippen LogP contribution is -2.53. The number of para-hydroxylation sites is 1. The molecule has 22 heavy (non-hydrogen) atoms. The molecule has 5 nitrogen and oxygen atoms in total. The van der Waals surface area contributed by atoms with Crippen LogP contribution in [0, 0.1) is 0 Å². The van der Waals surface area contributed by atoms with Crippen LogP contribution < -0.4 is 4.74 Å². The number of ether oxygens (including phenoxy) is 3. The van der Waals surface area contributed by atoms with Crippen LogP contribution in [0.3, 0.4) is 0 Å². The molecule has 0 saturated carbocycles. The fraction of sp³-hybridized carbons (Fsp3) is 0.471. The van der Waals surface area contributed by atoms with Crippen molar-refractivity contribution in [1.82, 2.24) is 4.90 Å². The summed E-state index contributed by atoms with van der Waals surface area (Å²) in [6, 6.07) is 7.63. The first kappa shape index (κ1) is 15.1. The van der Waals surface area contributed by atoms with E-state index in [4.69, 9.17) is 14.2 Å². The second kappa shape index (κ2) is 6.50. The van der Waals surface area contributed by atoms with Gasteiger partial charge in [0.15, 0.2) is 0 Å². The lowest BCUT2D eigenvalue weighted by molar-refractivity contribution is -0.145. The van der Waals surface area contributed by atoms with Crippen molar-refractivity contribution in [2.24, 2.45) is 0 Å². The van der Waals surface area contributed by atoms with Crippen molar-refractivity contribution in [3.8, 4) is 5.75 Å². The molecule has 0 bridgehead atoms. The summed E-state index contributed by atoms with van der Waals surface area (Å²) in [7, 11) is 1.63. The Hall–Kier alpha value is -1.85. The Balaban J connectivity index is 1.67. The fourth-order valence-electron chi connectivity index (χ4n) is 2.93. The second-order valence-electron chi connectivity index (χ2n) is 5.67. The topological polar surface area (TPSA) is 48.0 Å². The fourth-order valence-corrected chi connectivity index (χ4v) is 2.93. The molecule has 0 aliphatic carbocycles. The highest BCUT2D eigenvalue weighted by Gasteiger charge is 2.41. The molecular formula is C17H21NO4. The number of morpholine rings is 1. The van der Waals surface area contributed by atoms with Gasteiger partial charge in [-0.2, -0.15) is 0 Å². The van der Waals surface area contributed by atoms with E-state index >= 15 is 0 Å². The van der Waals surface area contributed by atoms with Crippen molar-refractivity contribution in [2.45, 2.75) is 12.0 Å². The average Bonchev–Trinajstić information content (AvgIpc) is 3.00. The van der Waals surface area contributed by atoms with Gasteiger partial charge in [0, 0.05) is 31.2 Å². The van der Waals surface area contributed by atoms with Crippen molar-refractivity contribution in [1.29, 1.82) is 0 Å². The Morgan fingerprint density at radius 3 is 3.00 bits per heavy atom. The highest BCUT2D eigenvalue weighted by Crippen LogP contribution is 2.27. The van der Waals surface area contributed by atoms with Gasteiger partial charge in [-0.3, -0.25) is 4.79 Å². The van der Waals surface area contributed by atoms with E-state index < -0.39 is 0 Å². The van der Waals surface area contributed by atoms with Crippen molar-refractivity contribution >= 4 is 12.0 Å². The Kier molecular flexibility index (Phi) is 4.45. The number of hydrogen-bond donors (Lipinski definition) is 0. The standard InChI is InChI=1S/C17H21NO4/c1-20-15-5-3-2-4-14(15)6-7-16(19)18-9-11-22-17(12-18)8-10-21-13-17/h2-7H,8-13H2,1H3/b7-6+. The number of rotatable bonds is 3. The van der Waals surface area contributed by atoms with E-state index in [0.29, 0.717) is 32.9 Å². The van der Waals surface area contributed by atoms with Crippen molar-refractivity contribution in [3.63, 3.8) is 0 Å². The predicted molar refractivity (Wildman–Crippen MR) is 82.7 cm³/mol. The number of hydrogen-bond acceptors (Lipinski definition) is 4. The van der Waals surface area contributed by atoms with E-state index in [-0.39, 0.29) is 11.5 Å². The van der Waals surface area contributed by atoms with Crippen LogP contribution in [0.5, 0.6) is 5.75 Å². The number of amides is 1. The first-order valence-corrected chi connectivity index (χ1v) is 7.54. The maximum atomic E-state index is 12.4. The van der Waals surface area contributed by atoms with Crippen LogP contribution in [0.2, 0.25) is 0 Å². The molecule has 1 unspecified atom stereocenters. The summed E-state index contributed by atoms with van der Waals surface area (Å²) >= 11 is 0. The van der Waals surface area contributed by atoms with Gasteiger partial charge >= 0.3 is 0 Å². The summed E-state index contributed by atoms with van der Waals surface area (Å²) in [6.07, 6.45) is 4.26. The van der Waals surface area contributed by atoms with Crippen LogP contribution in [0.1, 0.15) is 12.0 Å². The van der Waals surface area contributed by atoms with Crippen molar-refractivity contribution in [2.75, 3.05) is 40.0 Å². The molecule has 1 aromatic carbocycles. The number of methoxy groups -OCH3 is 1. The lowest BCUT2D eigenvalue weighted by atomic mass is 10.0. The summed E-state index contributed by atoms with van der Waals surface area (Å²) in [5, 5.41) is 0. The third-order valence-corrected chi connectivity index (χ3v) is 4.17. The molecule has 2 aliphatic heterocycles. The molecule has 0 aromatic heterocycles. The number of nitrogens with zero attached hydrogens (tertiary/aromatic N) is 1. The van der Waals surface area contributed by atoms with Crippen LogP contribution >= 0.6 is 0 Å². The average molecular weight is 303 g/mol. The minimum Gasteiger partial charge on any atom is -0.496 e. The van der Waals surface area contributed by atoms with E-state index in [1.165, 1.54) is 0 Å². The summed E-state index contributed by atoms with van der Waals surface area (Å²) in [5.74, 6) is 0.759. The SMILES string of the molecule is COc1ccccc1/C=C/C(=O)N1CCOC2(CCOC2)C1.